The van der Waals surface area contributed by atoms with Gasteiger partial charge in [-0.1, -0.05) is 6.07 Å². The molecular weight excluding hydrogens is 191 g/mol. The van der Waals surface area contributed by atoms with E-state index in [9.17, 15) is 4.39 Å². The van der Waals surface area contributed by atoms with Crippen LogP contribution in [0.4, 0.5) is 4.39 Å². The second-order valence-electron chi connectivity index (χ2n) is 3.46. The maximum atomic E-state index is 13.1. The highest BCUT2D eigenvalue weighted by atomic mass is 19.1. The van der Waals surface area contributed by atoms with E-state index in [0.29, 0.717) is 12.8 Å². The lowest BCUT2D eigenvalue weighted by Gasteiger charge is -2.17. The zero-order valence-electron chi connectivity index (χ0n) is 8.76. The van der Waals surface area contributed by atoms with Crippen LogP contribution in [0.1, 0.15) is 30.0 Å². The van der Waals surface area contributed by atoms with Crippen LogP contribution >= 0.6 is 0 Å². The highest BCUT2D eigenvalue weighted by molar-refractivity contribution is 5.29. The second kappa shape index (κ2) is 5.50. The number of hydrogen-bond donors (Lipinski definition) is 2. The van der Waals surface area contributed by atoms with Crippen LogP contribution < -0.4 is 11.3 Å². The molecule has 0 aliphatic carbocycles. The molecule has 0 spiro atoms. The first kappa shape index (κ1) is 11.7. The lowest BCUT2D eigenvalue weighted by atomic mass is 9.98. The Morgan fingerprint density at radius 1 is 1.60 bits per heavy atom. The monoisotopic (exact) mass is 206 g/mol. The van der Waals surface area contributed by atoms with Gasteiger partial charge in [-0.05, 0) is 36.6 Å². The zero-order valence-corrected chi connectivity index (χ0v) is 8.76. The number of aryl methyl sites for hydroxylation is 1. The topological polar surface area (TPSA) is 38.0 Å². The lowest BCUT2D eigenvalue weighted by Crippen LogP contribution is -2.28. The van der Waals surface area contributed by atoms with Crippen LogP contribution in [-0.4, -0.2) is 0 Å². The van der Waals surface area contributed by atoms with Gasteiger partial charge in [0.25, 0.3) is 0 Å². The van der Waals surface area contributed by atoms with E-state index in [4.69, 9.17) is 12.3 Å². The van der Waals surface area contributed by atoms with Crippen molar-refractivity contribution < 1.29 is 4.39 Å². The Morgan fingerprint density at radius 3 is 2.93 bits per heavy atom. The number of rotatable bonds is 4. The number of halogens is 1. The van der Waals surface area contributed by atoms with Crippen molar-refractivity contribution in [1.29, 1.82) is 0 Å². The summed E-state index contributed by atoms with van der Waals surface area (Å²) >= 11 is 0. The fraction of sp³-hybridized carbons (Fsp3) is 0.333. The first-order chi connectivity index (χ1) is 7.19. The molecule has 0 aromatic heterocycles. The summed E-state index contributed by atoms with van der Waals surface area (Å²) in [7, 11) is 0. The molecule has 0 saturated carbocycles. The summed E-state index contributed by atoms with van der Waals surface area (Å²) in [5, 5.41) is 0. The largest absolute Gasteiger partial charge is 0.271 e. The van der Waals surface area contributed by atoms with Crippen LogP contribution in [0.5, 0.6) is 0 Å². The molecule has 3 heteroatoms. The molecule has 1 aromatic rings. The maximum absolute atomic E-state index is 13.1. The van der Waals surface area contributed by atoms with Gasteiger partial charge in [0.05, 0.1) is 0 Å². The van der Waals surface area contributed by atoms with Gasteiger partial charge in [-0.3, -0.25) is 11.3 Å². The Morgan fingerprint density at radius 2 is 2.33 bits per heavy atom. The first-order valence-corrected chi connectivity index (χ1v) is 4.84. The molecule has 0 aliphatic heterocycles. The van der Waals surface area contributed by atoms with Gasteiger partial charge in [0.2, 0.25) is 0 Å². The van der Waals surface area contributed by atoms with Crippen LogP contribution in [0.3, 0.4) is 0 Å². The van der Waals surface area contributed by atoms with E-state index in [1.807, 2.05) is 6.92 Å². The Hall–Kier alpha value is -1.37. The van der Waals surface area contributed by atoms with E-state index in [1.165, 1.54) is 12.1 Å². The predicted molar refractivity (Wildman–Crippen MR) is 59.3 cm³/mol. The van der Waals surface area contributed by atoms with E-state index >= 15 is 0 Å². The highest BCUT2D eigenvalue weighted by Gasteiger charge is 2.12. The van der Waals surface area contributed by atoms with Crippen LogP contribution in [0.15, 0.2) is 18.2 Å². The SMILES string of the molecule is C#CCCC(NN)c1cc(F)ccc1C. The van der Waals surface area contributed by atoms with Crippen molar-refractivity contribution in [1.82, 2.24) is 5.43 Å². The third-order valence-electron chi connectivity index (χ3n) is 2.40. The fourth-order valence-electron chi connectivity index (χ4n) is 1.54. The Balaban J connectivity index is 2.91. The third kappa shape index (κ3) is 3.05. The highest BCUT2D eigenvalue weighted by Crippen LogP contribution is 2.22. The number of hydrogen-bond acceptors (Lipinski definition) is 2. The van der Waals surface area contributed by atoms with Crippen molar-refractivity contribution in [3.05, 3.63) is 35.1 Å². The molecule has 0 bridgehead atoms. The molecular formula is C12H15FN2. The molecule has 0 aliphatic rings. The van der Waals surface area contributed by atoms with Gasteiger partial charge in [0.15, 0.2) is 0 Å². The molecule has 1 aromatic carbocycles. The van der Waals surface area contributed by atoms with Crippen molar-refractivity contribution in [3.8, 4) is 12.3 Å². The minimum absolute atomic E-state index is 0.0863. The minimum Gasteiger partial charge on any atom is -0.271 e. The summed E-state index contributed by atoms with van der Waals surface area (Å²) in [6.45, 7) is 1.93. The molecule has 80 valence electrons. The van der Waals surface area contributed by atoms with E-state index in [0.717, 1.165) is 11.1 Å². The molecule has 0 fully saturated rings. The summed E-state index contributed by atoms with van der Waals surface area (Å²) in [5.74, 6) is 7.72. The molecule has 2 nitrogen and oxygen atoms in total. The van der Waals surface area contributed by atoms with E-state index < -0.39 is 0 Å². The molecule has 3 N–H and O–H groups in total. The standard InChI is InChI=1S/C12H15FN2/c1-3-4-5-12(15-14)11-8-10(13)7-6-9(11)2/h1,6-8,12,15H,4-5,14H2,2H3. The number of nitrogens with two attached hydrogens (primary N) is 1. The molecule has 0 amide bonds. The molecule has 15 heavy (non-hydrogen) atoms. The predicted octanol–water partition coefficient (Wildman–Crippen LogP) is 2.05. The van der Waals surface area contributed by atoms with Crippen molar-refractivity contribution >= 4 is 0 Å². The average Bonchev–Trinajstić information content (AvgIpc) is 2.24. The smallest absolute Gasteiger partial charge is 0.123 e. The molecule has 0 saturated heterocycles. The van der Waals surface area contributed by atoms with Gasteiger partial charge >= 0.3 is 0 Å². The fourth-order valence-corrected chi connectivity index (χ4v) is 1.54. The number of benzene rings is 1. The zero-order chi connectivity index (χ0) is 11.3. The van der Waals surface area contributed by atoms with Crippen molar-refractivity contribution in [2.45, 2.75) is 25.8 Å². The quantitative estimate of drug-likeness (QED) is 0.449. The molecule has 0 radical (unpaired) electrons. The van der Waals surface area contributed by atoms with E-state index in [2.05, 4.69) is 11.3 Å². The molecule has 1 atom stereocenters. The van der Waals surface area contributed by atoms with E-state index in [1.54, 1.807) is 6.07 Å². The Labute approximate surface area is 89.6 Å². The summed E-state index contributed by atoms with van der Waals surface area (Å²) in [5.41, 5.74) is 4.54. The summed E-state index contributed by atoms with van der Waals surface area (Å²) in [4.78, 5) is 0. The van der Waals surface area contributed by atoms with Crippen LogP contribution in [0.25, 0.3) is 0 Å². The molecule has 0 heterocycles. The summed E-state index contributed by atoms with van der Waals surface area (Å²) in [6.07, 6.45) is 6.51. The van der Waals surface area contributed by atoms with Crippen LogP contribution in [0.2, 0.25) is 0 Å². The number of nitrogens with one attached hydrogen (secondary N) is 1. The first-order valence-electron chi connectivity index (χ1n) is 4.84. The summed E-state index contributed by atoms with van der Waals surface area (Å²) in [6, 6.07) is 4.59. The van der Waals surface area contributed by atoms with Gasteiger partial charge in [0, 0.05) is 12.5 Å². The molecule has 1 rings (SSSR count). The van der Waals surface area contributed by atoms with Crippen molar-refractivity contribution in [2.24, 2.45) is 5.84 Å². The van der Waals surface area contributed by atoms with E-state index in [-0.39, 0.29) is 11.9 Å². The second-order valence-corrected chi connectivity index (χ2v) is 3.46. The normalized spacial score (nSPS) is 12.1. The number of terminal acetylenes is 1. The van der Waals surface area contributed by atoms with Gasteiger partial charge in [-0.25, -0.2) is 4.39 Å². The van der Waals surface area contributed by atoms with Crippen LogP contribution in [-0.2, 0) is 0 Å². The Kier molecular flexibility index (Phi) is 4.29. The van der Waals surface area contributed by atoms with Crippen molar-refractivity contribution in [3.63, 3.8) is 0 Å². The average molecular weight is 206 g/mol. The lowest BCUT2D eigenvalue weighted by molar-refractivity contribution is 0.516. The van der Waals surface area contributed by atoms with Gasteiger partial charge in [-0.2, -0.15) is 0 Å². The Bertz CT molecular complexity index is 368. The van der Waals surface area contributed by atoms with Gasteiger partial charge < -0.3 is 0 Å². The molecule has 1 unspecified atom stereocenters. The van der Waals surface area contributed by atoms with Gasteiger partial charge in [0.1, 0.15) is 5.82 Å². The third-order valence-corrected chi connectivity index (χ3v) is 2.40. The minimum atomic E-state index is -0.253. The maximum Gasteiger partial charge on any atom is 0.123 e. The van der Waals surface area contributed by atoms with Gasteiger partial charge in [-0.15, -0.1) is 12.3 Å². The van der Waals surface area contributed by atoms with Crippen molar-refractivity contribution in [2.75, 3.05) is 0 Å². The van der Waals surface area contributed by atoms with Crippen LogP contribution in [0, 0.1) is 25.1 Å². The summed E-state index contributed by atoms with van der Waals surface area (Å²) < 4.78 is 13.1. The number of hydrazine groups is 1.